The summed E-state index contributed by atoms with van der Waals surface area (Å²) in [6.45, 7) is 0. The fourth-order valence-electron chi connectivity index (χ4n) is 1.24. The van der Waals surface area contributed by atoms with E-state index in [9.17, 15) is 9.90 Å². The zero-order valence-electron chi connectivity index (χ0n) is 9.09. The van der Waals surface area contributed by atoms with Gasteiger partial charge in [-0.05, 0) is 18.2 Å². The van der Waals surface area contributed by atoms with E-state index in [1.54, 1.807) is 0 Å². The van der Waals surface area contributed by atoms with Gasteiger partial charge < -0.3 is 10.4 Å². The molecule has 0 aliphatic heterocycles. The van der Waals surface area contributed by atoms with Crippen LogP contribution < -0.4 is 10.6 Å². The first kappa shape index (κ1) is 12.1. The van der Waals surface area contributed by atoms with Crippen LogP contribution >= 0.6 is 11.6 Å². The summed E-state index contributed by atoms with van der Waals surface area (Å²) < 4.78 is 0. The minimum Gasteiger partial charge on any atom is -0.506 e. The highest BCUT2D eigenvalue weighted by molar-refractivity contribution is 6.31. The SMILES string of the molecule is O=C(Nc1cnccn1)Nc1cc(Cl)ccc1O. The first-order valence-corrected chi connectivity index (χ1v) is 5.35. The predicted octanol–water partition coefficient (Wildman–Crippen LogP) is 2.48. The number of carbonyl (C=O) groups excluding carboxylic acids is 1. The molecule has 2 amide bonds. The molecule has 0 atom stereocenters. The number of phenols is 1. The maximum absolute atomic E-state index is 11.6. The van der Waals surface area contributed by atoms with E-state index in [0.717, 1.165) is 0 Å². The highest BCUT2D eigenvalue weighted by Crippen LogP contribution is 2.26. The number of aromatic hydroxyl groups is 1. The van der Waals surface area contributed by atoms with Crippen LogP contribution in [0, 0.1) is 0 Å². The molecule has 0 saturated heterocycles. The van der Waals surface area contributed by atoms with Crippen molar-refractivity contribution in [1.82, 2.24) is 9.97 Å². The molecule has 0 radical (unpaired) electrons. The molecule has 1 aromatic carbocycles. The highest BCUT2D eigenvalue weighted by Gasteiger charge is 2.07. The molecule has 0 unspecified atom stereocenters. The number of hydrogen-bond donors (Lipinski definition) is 3. The van der Waals surface area contributed by atoms with Crippen LogP contribution in [-0.4, -0.2) is 21.1 Å². The third-order valence-corrected chi connectivity index (χ3v) is 2.25. The first-order chi connectivity index (χ1) is 8.65. The quantitative estimate of drug-likeness (QED) is 0.727. The number of carbonyl (C=O) groups is 1. The van der Waals surface area contributed by atoms with Gasteiger partial charge in [0.25, 0.3) is 0 Å². The van der Waals surface area contributed by atoms with Crippen molar-refractivity contribution < 1.29 is 9.90 Å². The largest absolute Gasteiger partial charge is 0.506 e. The lowest BCUT2D eigenvalue weighted by Crippen LogP contribution is -2.20. The second kappa shape index (κ2) is 5.33. The summed E-state index contributed by atoms with van der Waals surface area (Å²) >= 11 is 5.76. The monoisotopic (exact) mass is 264 g/mol. The molecular formula is C11H9ClN4O2. The van der Waals surface area contributed by atoms with E-state index < -0.39 is 6.03 Å². The van der Waals surface area contributed by atoms with E-state index in [1.807, 2.05) is 0 Å². The van der Waals surface area contributed by atoms with E-state index in [1.165, 1.54) is 36.8 Å². The Labute approximate surface area is 108 Å². The number of nitrogens with one attached hydrogen (secondary N) is 2. The molecule has 2 aromatic rings. The molecule has 7 heteroatoms. The summed E-state index contributed by atoms with van der Waals surface area (Å²) in [5.74, 6) is 0.227. The molecule has 0 spiro atoms. The van der Waals surface area contributed by atoms with E-state index in [0.29, 0.717) is 10.8 Å². The standard InChI is InChI=1S/C11H9ClN4O2/c12-7-1-2-9(17)8(5-7)15-11(18)16-10-6-13-3-4-14-10/h1-6,17H,(H2,14,15,16,18). The molecule has 0 saturated carbocycles. The molecule has 6 nitrogen and oxygen atoms in total. The maximum atomic E-state index is 11.6. The van der Waals surface area contributed by atoms with Crippen LogP contribution in [0.4, 0.5) is 16.3 Å². The molecule has 2 rings (SSSR count). The second-order valence-electron chi connectivity index (χ2n) is 3.33. The van der Waals surface area contributed by atoms with Crippen molar-refractivity contribution in [3.8, 4) is 5.75 Å². The third-order valence-electron chi connectivity index (χ3n) is 2.01. The van der Waals surface area contributed by atoms with Crippen LogP contribution in [0.25, 0.3) is 0 Å². The summed E-state index contributed by atoms with van der Waals surface area (Å²) in [7, 11) is 0. The number of hydrogen-bond acceptors (Lipinski definition) is 4. The molecule has 92 valence electrons. The van der Waals surface area contributed by atoms with Gasteiger partial charge in [0.2, 0.25) is 0 Å². The van der Waals surface area contributed by atoms with Crippen molar-refractivity contribution in [3.63, 3.8) is 0 Å². The Kier molecular flexibility index (Phi) is 3.59. The number of rotatable bonds is 2. The summed E-state index contributed by atoms with van der Waals surface area (Å²) in [6, 6.07) is 3.80. The molecular weight excluding hydrogens is 256 g/mol. The topological polar surface area (TPSA) is 87.1 Å². The number of nitrogens with zero attached hydrogens (tertiary/aromatic N) is 2. The molecule has 1 heterocycles. The van der Waals surface area contributed by atoms with Crippen LogP contribution in [0.2, 0.25) is 5.02 Å². The van der Waals surface area contributed by atoms with Gasteiger partial charge >= 0.3 is 6.03 Å². The number of benzene rings is 1. The molecule has 1 aromatic heterocycles. The van der Waals surface area contributed by atoms with Crippen molar-refractivity contribution >= 4 is 29.1 Å². The minimum absolute atomic E-state index is 0.0753. The molecule has 0 aliphatic carbocycles. The van der Waals surface area contributed by atoms with Crippen LogP contribution in [0.15, 0.2) is 36.8 Å². The van der Waals surface area contributed by atoms with Crippen LogP contribution in [0.3, 0.4) is 0 Å². The smallest absolute Gasteiger partial charge is 0.325 e. The van der Waals surface area contributed by atoms with Gasteiger partial charge in [-0.2, -0.15) is 0 Å². The molecule has 18 heavy (non-hydrogen) atoms. The maximum Gasteiger partial charge on any atom is 0.325 e. The predicted molar refractivity (Wildman–Crippen MR) is 67.8 cm³/mol. The zero-order valence-corrected chi connectivity index (χ0v) is 9.85. The van der Waals surface area contributed by atoms with Gasteiger partial charge in [0.05, 0.1) is 11.9 Å². The lowest BCUT2D eigenvalue weighted by molar-refractivity contribution is 0.262. The Balaban J connectivity index is 2.05. The number of urea groups is 1. The number of phenolic OH excluding ortho intramolecular Hbond substituents is 1. The third kappa shape index (κ3) is 3.08. The lowest BCUT2D eigenvalue weighted by Gasteiger charge is -2.08. The van der Waals surface area contributed by atoms with Crippen LogP contribution in [0.5, 0.6) is 5.75 Å². The Morgan fingerprint density at radius 3 is 2.83 bits per heavy atom. The van der Waals surface area contributed by atoms with Crippen LogP contribution in [-0.2, 0) is 0 Å². The van der Waals surface area contributed by atoms with Crippen molar-refractivity contribution in [2.45, 2.75) is 0 Å². The summed E-state index contributed by atoms with van der Waals surface area (Å²) in [5, 5.41) is 14.8. The van der Waals surface area contributed by atoms with Gasteiger partial charge in [0.1, 0.15) is 5.75 Å². The minimum atomic E-state index is -0.548. The van der Waals surface area contributed by atoms with E-state index in [-0.39, 0.29) is 11.4 Å². The number of halogens is 1. The van der Waals surface area contributed by atoms with Gasteiger partial charge in [-0.3, -0.25) is 10.3 Å². The number of amides is 2. The Hall–Kier alpha value is -2.34. The summed E-state index contributed by atoms with van der Waals surface area (Å²) in [4.78, 5) is 19.3. The fourth-order valence-corrected chi connectivity index (χ4v) is 1.41. The van der Waals surface area contributed by atoms with Crippen molar-refractivity contribution in [1.29, 1.82) is 0 Å². The van der Waals surface area contributed by atoms with Gasteiger partial charge in [0, 0.05) is 17.4 Å². The number of anilines is 2. The van der Waals surface area contributed by atoms with E-state index >= 15 is 0 Å². The molecule has 0 bridgehead atoms. The first-order valence-electron chi connectivity index (χ1n) is 4.97. The van der Waals surface area contributed by atoms with Crippen LogP contribution in [0.1, 0.15) is 0 Å². The van der Waals surface area contributed by atoms with Gasteiger partial charge in [-0.1, -0.05) is 11.6 Å². The molecule has 0 aliphatic rings. The Bertz CT molecular complexity index is 562. The average molecular weight is 265 g/mol. The highest BCUT2D eigenvalue weighted by atomic mass is 35.5. The van der Waals surface area contributed by atoms with Crippen molar-refractivity contribution in [3.05, 3.63) is 41.8 Å². The Morgan fingerprint density at radius 1 is 1.28 bits per heavy atom. The summed E-state index contributed by atoms with van der Waals surface area (Å²) in [6.07, 6.45) is 4.34. The lowest BCUT2D eigenvalue weighted by atomic mass is 10.3. The average Bonchev–Trinajstić information content (AvgIpc) is 2.35. The number of aromatic nitrogens is 2. The van der Waals surface area contributed by atoms with Gasteiger partial charge in [-0.25, -0.2) is 9.78 Å². The van der Waals surface area contributed by atoms with Gasteiger partial charge in [-0.15, -0.1) is 0 Å². The fraction of sp³-hybridized carbons (Fsp3) is 0. The Morgan fingerprint density at radius 2 is 2.11 bits per heavy atom. The van der Waals surface area contributed by atoms with Gasteiger partial charge in [0.15, 0.2) is 5.82 Å². The molecule has 0 fully saturated rings. The van der Waals surface area contributed by atoms with E-state index in [4.69, 9.17) is 11.6 Å². The zero-order chi connectivity index (χ0) is 13.0. The van der Waals surface area contributed by atoms with E-state index in [2.05, 4.69) is 20.6 Å². The second-order valence-corrected chi connectivity index (χ2v) is 3.77. The molecule has 3 N–H and O–H groups in total. The van der Waals surface area contributed by atoms with Crippen molar-refractivity contribution in [2.24, 2.45) is 0 Å². The normalized spacial score (nSPS) is 9.83. The summed E-state index contributed by atoms with van der Waals surface area (Å²) in [5.41, 5.74) is 0.212. The van der Waals surface area contributed by atoms with Crippen molar-refractivity contribution in [2.75, 3.05) is 10.6 Å².